The smallest absolute Gasteiger partial charge is 0.329 e. The molecule has 4 heteroatoms. The first-order chi connectivity index (χ1) is 7.07. The van der Waals surface area contributed by atoms with E-state index in [4.69, 9.17) is 9.84 Å². The number of hydrogen-bond acceptors (Lipinski definition) is 3. The summed E-state index contributed by atoms with van der Waals surface area (Å²) in [7, 11) is 0. The molecule has 0 unspecified atom stereocenters. The van der Waals surface area contributed by atoms with Crippen LogP contribution in [0.2, 0.25) is 0 Å². The molecule has 0 atom stereocenters. The predicted molar refractivity (Wildman–Crippen MR) is 55.8 cm³/mol. The van der Waals surface area contributed by atoms with Gasteiger partial charge in [0.15, 0.2) is 0 Å². The number of rotatable bonds is 6. The Labute approximate surface area is 90.2 Å². The van der Waals surface area contributed by atoms with Crippen LogP contribution in [-0.4, -0.2) is 47.8 Å². The van der Waals surface area contributed by atoms with Gasteiger partial charge in [0.05, 0.1) is 5.60 Å². The highest BCUT2D eigenvalue weighted by molar-refractivity contribution is 5.68. The zero-order chi connectivity index (χ0) is 10.9. The lowest BCUT2D eigenvalue weighted by atomic mass is 9.96. The minimum Gasteiger partial charge on any atom is -0.480 e. The molecule has 1 aliphatic carbocycles. The van der Waals surface area contributed by atoms with Gasteiger partial charge < -0.3 is 9.84 Å². The molecular formula is C11H19NO3. The van der Waals surface area contributed by atoms with Gasteiger partial charge in [0.25, 0.3) is 0 Å². The van der Waals surface area contributed by atoms with E-state index in [0.29, 0.717) is 0 Å². The predicted octanol–water partition coefficient (Wildman–Crippen LogP) is 0.962. The summed E-state index contributed by atoms with van der Waals surface area (Å²) < 4.78 is 5.34. The van der Waals surface area contributed by atoms with E-state index < -0.39 is 5.97 Å². The summed E-state index contributed by atoms with van der Waals surface area (Å²) in [6, 6.07) is 0. The van der Waals surface area contributed by atoms with Crippen LogP contribution in [0.4, 0.5) is 0 Å². The molecule has 86 valence electrons. The molecule has 0 aromatic heterocycles. The van der Waals surface area contributed by atoms with Crippen molar-refractivity contribution in [3.63, 3.8) is 0 Å². The largest absolute Gasteiger partial charge is 0.480 e. The van der Waals surface area contributed by atoms with Crippen LogP contribution in [0.5, 0.6) is 0 Å². The first-order valence-electron chi connectivity index (χ1n) is 5.65. The van der Waals surface area contributed by atoms with Crippen molar-refractivity contribution in [2.24, 2.45) is 5.92 Å². The maximum Gasteiger partial charge on any atom is 0.329 e. The van der Waals surface area contributed by atoms with Crippen molar-refractivity contribution in [2.45, 2.75) is 31.8 Å². The van der Waals surface area contributed by atoms with Crippen molar-refractivity contribution in [3.8, 4) is 0 Å². The van der Waals surface area contributed by atoms with Gasteiger partial charge in [-0.15, -0.1) is 0 Å². The van der Waals surface area contributed by atoms with Gasteiger partial charge >= 0.3 is 5.97 Å². The fourth-order valence-electron chi connectivity index (χ4n) is 2.16. The number of likely N-dealkylation sites (tertiary alicyclic amines) is 1. The second-order valence-electron chi connectivity index (χ2n) is 5.08. The third-order valence-electron chi connectivity index (χ3n) is 3.21. The molecule has 0 aromatic carbocycles. The molecule has 0 amide bonds. The maximum absolute atomic E-state index is 10.4. The highest BCUT2D eigenvalue weighted by Crippen LogP contribution is 2.34. The Morgan fingerprint density at radius 3 is 2.73 bits per heavy atom. The quantitative estimate of drug-likeness (QED) is 0.714. The van der Waals surface area contributed by atoms with Crippen molar-refractivity contribution >= 4 is 5.97 Å². The number of ether oxygens (including phenoxy) is 1. The minimum absolute atomic E-state index is 0.174. The molecule has 1 aliphatic heterocycles. The van der Waals surface area contributed by atoms with Crippen LogP contribution in [0.1, 0.15) is 26.2 Å². The minimum atomic E-state index is -0.882. The van der Waals surface area contributed by atoms with E-state index in [1.807, 2.05) is 6.92 Å². The van der Waals surface area contributed by atoms with Crippen molar-refractivity contribution < 1.29 is 14.6 Å². The standard InChI is InChI=1S/C11H19NO3/c1-11(15-6-10(13)14)7-12(8-11)5-4-9-2-3-9/h9H,2-8H2,1H3,(H,13,14). The van der Waals surface area contributed by atoms with E-state index in [-0.39, 0.29) is 12.2 Å². The van der Waals surface area contributed by atoms with E-state index in [9.17, 15) is 4.79 Å². The third-order valence-corrected chi connectivity index (χ3v) is 3.21. The van der Waals surface area contributed by atoms with Gasteiger partial charge in [0.1, 0.15) is 6.61 Å². The zero-order valence-corrected chi connectivity index (χ0v) is 9.24. The monoisotopic (exact) mass is 213 g/mol. The lowest BCUT2D eigenvalue weighted by Gasteiger charge is -2.47. The zero-order valence-electron chi connectivity index (χ0n) is 9.24. The number of carboxylic acid groups (broad SMARTS) is 1. The number of nitrogens with zero attached hydrogens (tertiary/aromatic N) is 1. The average Bonchev–Trinajstić information content (AvgIpc) is 2.91. The summed E-state index contributed by atoms with van der Waals surface area (Å²) in [5.41, 5.74) is -0.220. The Kier molecular flexibility index (Phi) is 2.98. The van der Waals surface area contributed by atoms with Crippen LogP contribution in [-0.2, 0) is 9.53 Å². The van der Waals surface area contributed by atoms with Crippen molar-refractivity contribution in [2.75, 3.05) is 26.2 Å². The topological polar surface area (TPSA) is 49.8 Å². The van der Waals surface area contributed by atoms with Crippen LogP contribution in [0.15, 0.2) is 0 Å². The molecule has 2 aliphatic rings. The van der Waals surface area contributed by atoms with E-state index >= 15 is 0 Å². The third kappa shape index (κ3) is 3.18. The first-order valence-corrected chi connectivity index (χ1v) is 5.65. The summed E-state index contributed by atoms with van der Waals surface area (Å²) in [6.07, 6.45) is 4.11. The van der Waals surface area contributed by atoms with Gasteiger partial charge in [-0.05, 0) is 25.8 Å². The normalized spacial score (nSPS) is 24.9. The molecule has 1 saturated heterocycles. The second-order valence-corrected chi connectivity index (χ2v) is 5.08. The van der Waals surface area contributed by atoms with Crippen molar-refractivity contribution in [3.05, 3.63) is 0 Å². The molecule has 0 radical (unpaired) electrons. The van der Waals surface area contributed by atoms with Gasteiger partial charge in [0.2, 0.25) is 0 Å². The van der Waals surface area contributed by atoms with Gasteiger partial charge in [-0.1, -0.05) is 12.8 Å². The van der Waals surface area contributed by atoms with Crippen molar-refractivity contribution in [1.29, 1.82) is 0 Å². The van der Waals surface area contributed by atoms with Gasteiger partial charge in [-0.25, -0.2) is 4.79 Å². The Morgan fingerprint density at radius 2 is 2.20 bits per heavy atom. The molecule has 1 saturated carbocycles. The van der Waals surface area contributed by atoms with Gasteiger partial charge in [-0.3, -0.25) is 4.90 Å². The first kappa shape index (κ1) is 10.9. The highest BCUT2D eigenvalue weighted by atomic mass is 16.5. The van der Waals surface area contributed by atoms with Crippen LogP contribution < -0.4 is 0 Å². The average molecular weight is 213 g/mol. The number of carboxylic acids is 1. The van der Waals surface area contributed by atoms with Crippen LogP contribution in [0, 0.1) is 5.92 Å². The molecule has 0 aromatic rings. The van der Waals surface area contributed by atoms with Crippen LogP contribution in [0.25, 0.3) is 0 Å². The fraction of sp³-hybridized carbons (Fsp3) is 0.909. The van der Waals surface area contributed by atoms with Gasteiger partial charge in [-0.2, -0.15) is 0 Å². The summed E-state index contributed by atoms with van der Waals surface area (Å²) in [5, 5.41) is 8.51. The van der Waals surface area contributed by atoms with Crippen LogP contribution in [0.3, 0.4) is 0 Å². The summed E-state index contributed by atoms with van der Waals surface area (Å²) in [5.74, 6) is 0.0875. The number of hydrogen-bond donors (Lipinski definition) is 1. The fourth-order valence-corrected chi connectivity index (χ4v) is 2.16. The molecular weight excluding hydrogens is 194 g/mol. The Hall–Kier alpha value is -0.610. The van der Waals surface area contributed by atoms with E-state index in [1.165, 1.54) is 19.3 Å². The molecule has 2 rings (SSSR count). The molecule has 0 bridgehead atoms. The number of aliphatic carboxylic acids is 1. The Balaban J connectivity index is 1.59. The van der Waals surface area contributed by atoms with E-state index in [0.717, 1.165) is 25.6 Å². The summed E-state index contributed by atoms with van der Waals surface area (Å²) in [6.45, 7) is 4.73. The van der Waals surface area contributed by atoms with Gasteiger partial charge in [0, 0.05) is 13.1 Å². The van der Waals surface area contributed by atoms with Crippen molar-refractivity contribution in [1.82, 2.24) is 4.90 Å². The Morgan fingerprint density at radius 1 is 1.53 bits per heavy atom. The highest BCUT2D eigenvalue weighted by Gasteiger charge is 2.40. The van der Waals surface area contributed by atoms with E-state index in [1.54, 1.807) is 0 Å². The summed E-state index contributed by atoms with van der Waals surface area (Å²) >= 11 is 0. The molecule has 4 nitrogen and oxygen atoms in total. The number of carbonyl (C=O) groups is 1. The molecule has 1 N–H and O–H groups in total. The molecule has 0 spiro atoms. The molecule has 1 heterocycles. The summed E-state index contributed by atoms with van der Waals surface area (Å²) in [4.78, 5) is 12.7. The second kappa shape index (κ2) is 4.10. The molecule has 15 heavy (non-hydrogen) atoms. The lowest BCUT2D eigenvalue weighted by molar-refractivity contribution is -0.164. The van der Waals surface area contributed by atoms with E-state index in [2.05, 4.69) is 4.90 Å². The molecule has 2 fully saturated rings. The van der Waals surface area contributed by atoms with Crippen LogP contribution >= 0.6 is 0 Å². The maximum atomic E-state index is 10.4. The lowest BCUT2D eigenvalue weighted by Crippen LogP contribution is -2.61. The SMILES string of the molecule is CC1(OCC(=O)O)CN(CCC2CC2)C1. The Bertz CT molecular complexity index is 244.